The topological polar surface area (TPSA) is 90.3 Å². The van der Waals surface area contributed by atoms with E-state index in [-0.39, 0.29) is 43.3 Å². The third-order valence-electron chi connectivity index (χ3n) is 3.54. The first-order valence-corrected chi connectivity index (χ1v) is 7.49. The fraction of sp³-hybridized carbons (Fsp3) is 0.375. The first kappa shape index (κ1) is 16.7. The number of carboxylic acids is 1. The summed E-state index contributed by atoms with van der Waals surface area (Å²) < 4.78 is 0. The summed E-state index contributed by atoms with van der Waals surface area (Å²) in [5.74, 6) is -1.44. The minimum atomic E-state index is -0.956. The average molecular weight is 317 g/mol. The normalized spacial score (nSPS) is 14.4. The predicted octanol–water partition coefficient (Wildman–Crippen LogP) is 1.49. The third-order valence-corrected chi connectivity index (χ3v) is 3.54. The summed E-state index contributed by atoms with van der Waals surface area (Å²) >= 11 is 0. The number of carboxylic acid groups (broad SMARTS) is 1. The average Bonchev–Trinajstić information content (AvgIpc) is 2.56. The van der Waals surface area contributed by atoms with Crippen LogP contribution in [-0.4, -0.2) is 46.6 Å². The van der Waals surface area contributed by atoms with E-state index in [2.05, 4.69) is 5.10 Å². The molecule has 0 fully saturated rings. The van der Waals surface area contributed by atoms with Crippen molar-refractivity contribution in [1.29, 1.82) is 0 Å². The lowest BCUT2D eigenvalue weighted by Gasteiger charge is -2.26. The molecule has 1 aromatic carbocycles. The lowest BCUT2D eigenvalue weighted by molar-refractivity contribution is -0.137. The van der Waals surface area contributed by atoms with Crippen molar-refractivity contribution in [3.05, 3.63) is 30.3 Å². The smallest absolute Gasteiger partial charge is 0.305 e. The van der Waals surface area contributed by atoms with Crippen LogP contribution >= 0.6 is 0 Å². The van der Waals surface area contributed by atoms with E-state index in [1.54, 1.807) is 31.2 Å². The zero-order chi connectivity index (χ0) is 16.8. The number of hydrazone groups is 1. The van der Waals surface area contributed by atoms with E-state index < -0.39 is 5.97 Å². The van der Waals surface area contributed by atoms with Gasteiger partial charge in [0.1, 0.15) is 5.71 Å². The number of rotatable bonds is 6. The van der Waals surface area contributed by atoms with Crippen molar-refractivity contribution in [2.45, 2.75) is 26.2 Å². The van der Waals surface area contributed by atoms with Crippen LogP contribution in [0, 0.1) is 0 Å². The number of carbonyl (C=O) groups excluding carboxylic acids is 2. The fourth-order valence-corrected chi connectivity index (χ4v) is 2.29. The summed E-state index contributed by atoms with van der Waals surface area (Å²) in [5, 5.41) is 14.2. The number of hydrogen-bond donors (Lipinski definition) is 1. The van der Waals surface area contributed by atoms with Crippen molar-refractivity contribution in [2.24, 2.45) is 5.10 Å². The maximum atomic E-state index is 12.5. The highest BCUT2D eigenvalue weighted by Crippen LogP contribution is 2.20. The van der Waals surface area contributed by atoms with Crippen molar-refractivity contribution in [1.82, 2.24) is 4.90 Å². The van der Waals surface area contributed by atoms with E-state index >= 15 is 0 Å². The fourth-order valence-electron chi connectivity index (χ4n) is 2.29. The molecule has 0 atom stereocenters. The zero-order valence-electron chi connectivity index (χ0n) is 12.9. The van der Waals surface area contributed by atoms with Gasteiger partial charge in [-0.1, -0.05) is 18.2 Å². The quantitative estimate of drug-likeness (QED) is 0.860. The number of hydrogen-bond acceptors (Lipinski definition) is 4. The minimum Gasteiger partial charge on any atom is -0.481 e. The van der Waals surface area contributed by atoms with Crippen molar-refractivity contribution in [3.8, 4) is 0 Å². The Balaban J connectivity index is 2.18. The van der Waals surface area contributed by atoms with Crippen LogP contribution in [0.2, 0.25) is 0 Å². The van der Waals surface area contributed by atoms with E-state index in [1.165, 1.54) is 9.91 Å². The molecule has 1 N–H and O–H groups in total. The molecule has 7 heteroatoms. The SMILES string of the molecule is CCN(CCC(=O)O)C(=O)C1=NN(c2ccccc2)C(=O)CC1. The molecule has 0 bridgehead atoms. The molecule has 0 unspecified atom stereocenters. The summed E-state index contributed by atoms with van der Waals surface area (Å²) in [6.07, 6.45) is 0.356. The number of nitrogens with zero attached hydrogens (tertiary/aromatic N) is 3. The standard InChI is InChI=1S/C16H19N3O4/c1-2-18(11-10-15(21)22)16(23)13-8-9-14(20)19(17-13)12-6-4-3-5-7-12/h3-7H,2,8-11H2,1H3,(H,21,22). The highest BCUT2D eigenvalue weighted by molar-refractivity contribution is 6.40. The molecule has 1 aliphatic heterocycles. The number of benzene rings is 1. The second kappa shape index (κ2) is 7.53. The van der Waals surface area contributed by atoms with Crippen LogP contribution in [0.5, 0.6) is 0 Å². The van der Waals surface area contributed by atoms with Gasteiger partial charge in [0.15, 0.2) is 0 Å². The molecule has 2 amide bonds. The number of amides is 2. The monoisotopic (exact) mass is 317 g/mol. The Kier molecular flexibility index (Phi) is 5.46. The predicted molar refractivity (Wildman–Crippen MR) is 85.1 cm³/mol. The summed E-state index contributed by atoms with van der Waals surface area (Å²) in [6, 6.07) is 8.91. The van der Waals surface area contributed by atoms with Gasteiger partial charge in [-0.15, -0.1) is 0 Å². The Labute approximate surface area is 134 Å². The first-order chi connectivity index (χ1) is 11.0. The Morgan fingerprint density at radius 1 is 1.26 bits per heavy atom. The van der Waals surface area contributed by atoms with Gasteiger partial charge in [-0.3, -0.25) is 14.4 Å². The molecule has 7 nitrogen and oxygen atoms in total. The second-order valence-corrected chi connectivity index (χ2v) is 5.12. The lowest BCUT2D eigenvalue weighted by atomic mass is 10.1. The van der Waals surface area contributed by atoms with Crippen molar-refractivity contribution in [2.75, 3.05) is 18.1 Å². The summed E-state index contributed by atoms with van der Waals surface area (Å²) in [6.45, 7) is 2.30. The van der Waals surface area contributed by atoms with E-state index in [4.69, 9.17) is 5.11 Å². The van der Waals surface area contributed by atoms with Gasteiger partial charge in [-0.25, -0.2) is 5.01 Å². The highest BCUT2D eigenvalue weighted by atomic mass is 16.4. The van der Waals surface area contributed by atoms with E-state index in [1.807, 2.05) is 6.07 Å². The van der Waals surface area contributed by atoms with E-state index in [0.717, 1.165) is 0 Å². The molecule has 122 valence electrons. The molecular formula is C16H19N3O4. The van der Waals surface area contributed by atoms with Gasteiger partial charge in [0.25, 0.3) is 5.91 Å². The molecule has 0 radical (unpaired) electrons. The number of carbonyl (C=O) groups is 3. The van der Waals surface area contributed by atoms with E-state index in [0.29, 0.717) is 12.2 Å². The van der Waals surface area contributed by atoms with Crippen molar-refractivity contribution in [3.63, 3.8) is 0 Å². The van der Waals surface area contributed by atoms with Gasteiger partial charge in [0.2, 0.25) is 5.91 Å². The van der Waals surface area contributed by atoms with Gasteiger partial charge < -0.3 is 10.0 Å². The van der Waals surface area contributed by atoms with Gasteiger partial charge in [-0.05, 0) is 19.1 Å². The summed E-state index contributed by atoms with van der Waals surface area (Å²) in [4.78, 5) is 36.6. The van der Waals surface area contributed by atoms with Gasteiger partial charge in [-0.2, -0.15) is 5.10 Å². The third kappa shape index (κ3) is 4.15. The first-order valence-electron chi connectivity index (χ1n) is 7.49. The Bertz CT molecular complexity index is 627. The largest absolute Gasteiger partial charge is 0.481 e. The molecular weight excluding hydrogens is 298 g/mol. The van der Waals surface area contributed by atoms with Crippen molar-refractivity contribution < 1.29 is 19.5 Å². The molecule has 0 saturated heterocycles. The molecule has 2 rings (SSSR count). The Morgan fingerprint density at radius 2 is 1.96 bits per heavy atom. The number of anilines is 1. The summed E-state index contributed by atoms with van der Waals surface area (Å²) in [7, 11) is 0. The van der Waals surface area contributed by atoms with Gasteiger partial charge in [0.05, 0.1) is 12.1 Å². The van der Waals surface area contributed by atoms with Gasteiger partial charge >= 0.3 is 5.97 Å². The Hall–Kier alpha value is -2.70. The molecule has 1 aliphatic rings. The van der Waals surface area contributed by atoms with E-state index in [9.17, 15) is 14.4 Å². The van der Waals surface area contributed by atoms with Crippen LogP contribution in [0.1, 0.15) is 26.2 Å². The van der Waals surface area contributed by atoms with Crippen LogP contribution < -0.4 is 5.01 Å². The molecule has 0 spiro atoms. The molecule has 1 aromatic rings. The molecule has 1 heterocycles. The second-order valence-electron chi connectivity index (χ2n) is 5.12. The van der Waals surface area contributed by atoms with Crippen molar-refractivity contribution >= 4 is 29.2 Å². The Morgan fingerprint density at radius 3 is 2.57 bits per heavy atom. The summed E-state index contributed by atoms with van der Waals surface area (Å²) in [5.41, 5.74) is 0.886. The van der Waals surface area contributed by atoms with Crippen LogP contribution in [0.25, 0.3) is 0 Å². The van der Waals surface area contributed by atoms with Gasteiger partial charge in [0, 0.05) is 25.9 Å². The molecule has 0 aromatic heterocycles. The van der Waals surface area contributed by atoms with Crippen LogP contribution in [-0.2, 0) is 14.4 Å². The number of aliphatic carboxylic acids is 1. The lowest BCUT2D eigenvalue weighted by Crippen LogP contribution is -2.42. The number of para-hydroxylation sites is 1. The van der Waals surface area contributed by atoms with Crippen LogP contribution in [0.15, 0.2) is 35.4 Å². The zero-order valence-corrected chi connectivity index (χ0v) is 12.9. The maximum absolute atomic E-state index is 12.5. The van der Waals surface area contributed by atoms with Crippen LogP contribution in [0.4, 0.5) is 5.69 Å². The minimum absolute atomic E-state index is 0.117. The molecule has 0 aliphatic carbocycles. The highest BCUT2D eigenvalue weighted by Gasteiger charge is 2.27. The maximum Gasteiger partial charge on any atom is 0.305 e. The van der Waals surface area contributed by atoms with Crippen LogP contribution in [0.3, 0.4) is 0 Å². The molecule has 23 heavy (non-hydrogen) atoms. The molecule has 0 saturated carbocycles.